The largest absolute Gasteiger partial charge is 0.420 e. The van der Waals surface area contributed by atoms with Gasteiger partial charge in [0.2, 0.25) is 6.29 Å². The fourth-order valence-corrected chi connectivity index (χ4v) is 4.48. The van der Waals surface area contributed by atoms with Crippen LogP contribution < -0.4 is 0 Å². The summed E-state index contributed by atoms with van der Waals surface area (Å²) in [6, 6.07) is 0.780. The predicted molar refractivity (Wildman–Crippen MR) is 95.9 cm³/mol. The van der Waals surface area contributed by atoms with Gasteiger partial charge < -0.3 is 14.1 Å². The van der Waals surface area contributed by atoms with Crippen molar-refractivity contribution in [2.75, 3.05) is 0 Å². The fourth-order valence-electron chi connectivity index (χ4n) is 3.19. The van der Waals surface area contributed by atoms with Gasteiger partial charge >= 0.3 is 6.09 Å². The number of hydrogen-bond donors (Lipinski definition) is 0. The van der Waals surface area contributed by atoms with Crippen LogP contribution in [0.4, 0.5) is 4.79 Å². The van der Waals surface area contributed by atoms with Crippen molar-refractivity contribution >= 4 is 14.4 Å². The van der Waals surface area contributed by atoms with Crippen LogP contribution in [0.25, 0.3) is 0 Å². The third-order valence-corrected chi connectivity index (χ3v) is 10.2. The average Bonchev–Trinajstić information content (AvgIpc) is 2.94. The van der Waals surface area contributed by atoms with Gasteiger partial charge in [-0.3, -0.25) is 0 Å². The summed E-state index contributed by atoms with van der Waals surface area (Å²) in [4.78, 5) is 14.7. The van der Waals surface area contributed by atoms with Gasteiger partial charge in [0.15, 0.2) is 8.32 Å². The lowest BCUT2D eigenvalue weighted by Crippen LogP contribution is -2.50. The molecule has 0 radical (unpaired) electrons. The minimum atomic E-state index is -2.00. The zero-order chi connectivity index (χ0) is 17.6. The maximum absolute atomic E-state index is 12.7. The Morgan fingerprint density at radius 3 is 1.78 bits per heavy atom. The number of rotatable bonds is 3. The maximum atomic E-state index is 12.7. The summed E-state index contributed by atoms with van der Waals surface area (Å²) in [5.41, 5.74) is -0.232. The van der Waals surface area contributed by atoms with E-state index in [2.05, 4.69) is 54.6 Å². The van der Waals surface area contributed by atoms with Crippen molar-refractivity contribution in [3.05, 3.63) is 0 Å². The molecule has 0 saturated carbocycles. The van der Waals surface area contributed by atoms with Crippen LogP contribution >= 0.6 is 0 Å². The summed E-state index contributed by atoms with van der Waals surface area (Å²) in [6.45, 7) is 17.3. The van der Waals surface area contributed by atoms with E-state index >= 15 is 0 Å². The van der Waals surface area contributed by atoms with Crippen molar-refractivity contribution in [2.24, 2.45) is 5.41 Å². The summed E-state index contributed by atoms with van der Waals surface area (Å²) >= 11 is 0. The molecule has 2 fully saturated rings. The molecule has 1 amide bonds. The number of hydrogen-bond acceptors (Lipinski definition) is 3. The second-order valence-corrected chi connectivity index (χ2v) is 14.6. The van der Waals surface area contributed by atoms with E-state index in [0.717, 1.165) is 25.7 Å². The van der Waals surface area contributed by atoms with E-state index in [9.17, 15) is 4.79 Å². The van der Waals surface area contributed by atoms with Crippen molar-refractivity contribution in [2.45, 2.75) is 104 Å². The van der Waals surface area contributed by atoms with Crippen LogP contribution in [0.15, 0.2) is 0 Å². The first-order chi connectivity index (χ1) is 10.3. The molecule has 2 saturated heterocycles. The highest BCUT2D eigenvalue weighted by atomic mass is 28.4. The van der Waals surface area contributed by atoms with E-state index in [1.165, 1.54) is 0 Å². The lowest BCUT2D eigenvalue weighted by atomic mass is 9.96. The van der Waals surface area contributed by atoms with Gasteiger partial charge in [-0.25, -0.2) is 4.79 Å². The van der Waals surface area contributed by atoms with Gasteiger partial charge in [0.1, 0.15) is 0 Å². The van der Waals surface area contributed by atoms with Crippen LogP contribution in [-0.2, 0) is 9.16 Å². The van der Waals surface area contributed by atoms with E-state index in [1.54, 1.807) is 0 Å². The second kappa shape index (κ2) is 6.07. The highest BCUT2D eigenvalue weighted by Crippen LogP contribution is 2.41. The van der Waals surface area contributed by atoms with Crippen molar-refractivity contribution in [3.63, 3.8) is 0 Å². The third kappa shape index (κ3) is 3.93. The molecule has 0 aromatic heterocycles. The molecule has 23 heavy (non-hydrogen) atoms. The Balaban J connectivity index is 2.09. The van der Waals surface area contributed by atoms with E-state index in [4.69, 9.17) is 9.16 Å². The molecule has 2 bridgehead atoms. The van der Waals surface area contributed by atoms with Crippen molar-refractivity contribution in [3.8, 4) is 0 Å². The smallest absolute Gasteiger partial charge is 0.412 e. The molecule has 1 unspecified atom stereocenters. The van der Waals surface area contributed by atoms with Crippen LogP contribution in [0.5, 0.6) is 0 Å². The zero-order valence-electron chi connectivity index (χ0n) is 16.2. The van der Waals surface area contributed by atoms with Crippen LogP contribution in [0.3, 0.4) is 0 Å². The summed E-state index contributed by atoms with van der Waals surface area (Å²) in [5.74, 6) is 0. The number of carbonyl (C=O) groups is 1. The third-order valence-electron chi connectivity index (χ3n) is 5.79. The first kappa shape index (κ1) is 18.8. The molecule has 0 N–H and O–H groups in total. The Labute approximate surface area is 143 Å². The molecule has 1 atom stereocenters. The van der Waals surface area contributed by atoms with E-state index in [-0.39, 0.29) is 16.5 Å². The molecular weight excluding hydrogens is 306 g/mol. The summed E-state index contributed by atoms with van der Waals surface area (Å²) in [5, 5.41) is 0.0928. The number of amides is 1. The highest BCUT2D eigenvalue weighted by Gasteiger charge is 2.47. The monoisotopic (exact) mass is 341 g/mol. The first-order valence-electron chi connectivity index (χ1n) is 9.00. The van der Waals surface area contributed by atoms with E-state index in [1.807, 2.05) is 4.90 Å². The van der Waals surface area contributed by atoms with Crippen molar-refractivity contribution < 1.29 is 14.0 Å². The van der Waals surface area contributed by atoms with Crippen LogP contribution in [0, 0.1) is 5.41 Å². The maximum Gasteiger partial charge on any atom is 0.412 e. The van der Waals surface area contributed by atoms with Crippen molar-refractivity contribution in [1.82, 2.24) is 4.90 Å². The van der Waals surface area contributed by atoms with Gasteiger partial charge in [-0.05, 0) is 43.8 Å². The SMILES string of the molecule is CC(C)(C)C(OC(=O)N1C2CCC1CC2)O[Si](C)(C)C(C)(C)C. The second-order valence-electron chi connectivity index (χ2n) is 9.83. The molecular formula is C18H35NO3Si. The molecule has 0 aromatic carbocycles. The lowest BCUT2D eigenvalue weighted by molar-refractivity contribution is -0.117. The quantitative estimate of drug-likeness (QED) is 0.527. The standard InChI is InChI=1S/C18H35NO3Si/c1-17(2,3)15(22-23(7,8)18(4,5)6)21-16(20)19-13-9-10-14(19)12-11-13/h13-15H,9-12H2,1-8H3. The number of fused-ring (bicyclic) bond motifs is 2. The molecule has 2 aliphatic rings. The molecule has 2 rings (SSSR count). The molecule has 0 aromatic rings. The van der Waals surface area contributed by atoms with Gasteiger partial charge in [0, 0.05) is 17.5 Å². The van der Waals surface area contributed by atoms with E-state index < -0.39 is 14.6 Å². The van der Waals surface area contributed by atoms with Gasteiger partial charge in [-0.1, -0.05) is 41.5 Å². The Hall–Kier alpha value is -0.553. The Bertz CT molecular complexity index is 430. The van der Waals surface area contributed by atoms with E-state index in [0.29, 0.717) is 12.1 Å². The molecule has 2 heterocycles. The molecule has 0 spiro atoms. The molecule has 2 aliphatic heterocycles. The van der Waals surface area contributed by atoms with Gasteiger partial charge in [-0.15, -0.1) is 0 Å². The van der Waals surface area contributed by atoms with Crippen LogP contribution in [-0.4, -0.2) is 37.7 Å². The molecule has 5 heteroatoms. The van der Waals surface area contributed by atoms with Crippen LogP contribution in [0.2, 0.25) is 18.1 Å². The predicted octanol–water partition coefficient (Wildman–Crippen LogP) is 5.14. The molecule has 4 nitrogen and oxygen atoms in total. The van der Waals surface area contributed by atoms with Gasteiger partial charge in [0.25, 0.3) is 0 Å². The topological polar surface area (TPSA) is 38.8 Å². The first-order valence-corrected chi connectivity index (χ1v) is 11.9. The normalized spacial score (nSPS) is 26.5. The summed E-state index contributed by atoms with van der Waals surface area (Å²) in [6.07, 6.45) is 3.85. The number of nitrogens with zero attached hydrogens (tertiary/aromatic N) is 1. The zero-order valence-corrected chi connectivity index (χ0v) is 17.2. The van der Waals surface area contributed by atoms with Gasteiger partial charge in [-0.2, -0.15) is 0 Å². The summed E-state index contributed by atoms with van der Waals surface area (Å²) in [7, 11) is -2.00. The minimum absolute atomic E-state index is 0.0928. The molecule has 0 aliphatic carbocycles. The summed E-state index contributed by atoms with van der Waals surface area (Å²) < 4.78 is 12.4. The Morgan fingerprint density at radius 1 is 1.00 bits per heavy atom. The minimum Gasteiger partial charge on any atom is -0.420 e. The highest BCUT2D eigenvalue weighted by molar-refractivity contribution is 6.74. The molecule has 134 valence electrons. The fraction of sp³-hybridized carbons (Fsp3) is 0.944. The van der Waals surface area contributed by atoms with Gasteiger partial charge in [0.05, 0.1) is 0 Å². The number of ether oxygens (including phenoxy) is 1. The van der Waals surface area contributed by atoms with Crippen LogP contribution in [0.1, 0.15) is 67.2 Å². The number of carbonyl (C=O) groups excluding carboxylic acids is 1. The Morgan fingerprint density at radius 2 is 1.43 bits per heavy atom. The lowest BCUT2D eigenvalue weighted by Gasteiger charge is -2.42. The average molecular weight is 342 g/mol. The Kier molecular flexibility index (Phi) is 4.95. The van der Waals surface area contributed by atoms with Crippen molar-refractivity contribution in [1.29, 1.82) is 0 Å².